The Morgan fingerprint density at radius 3 is 2.82 bits per heavy atom. The van der Waals surface area contributed by atoms with Gasteiger partial charge in [-0.1, -0.05) is 6.92 Å². The van der Waals surface area contributed by atoms with Gasteiger partial charge in [-0.15, -0.1) is 0 Å². The molecule has 3 N–H and O–H groups in total. The fourth-order valence-corrected chi connectivity index (χ4v) is 1.45. The highest BCUT2D eigenvalue weighted by Crippen LogP contribution is 2.30. The number of aromatic amines is 1. The first kappa shape index (κ1) is 11.6. The quantitative estimate of drug-likeness (QED) is 0.801. The van der Waals surface area contributed by atoms with Gasteiger partial charge in [0.15, 0.2) is 5.58 Å². The van der Waals surface area contributed by atoms with E-state index in [2.05, 4.69) is 4.98 Å². The van der Waals surface area contributed by atoms with E-state index in [-0.39, 0.29) is 5.60 Å². The molecule has 0 unspecified atom stereocenters. The molecule has 1 aromatic carbocycles. The van der Waals surface area contributed by atoms with Crippen molar-refractivity contribution >= 4 is 16.8 Å². The molecule has 2 aromatic rings. The van der Waals surface area contributed by atoms with E-state index < -0.39 is 5.76 Å². The van der Waals surface area contributed by atoms with E-state index in [0.717, 1.165) is 6.42 Å². The predicted molar refractivity (Wildman–Crippen MR) is 66.2 cm³/mol. The molecule has 5 nitrogen and oxygen atoms in total. The molecule has 5 heteroatoms. The lowest BCUT2D eigenvalue weighted by atomic mass is 10.1. The van der Waals surface area contributed by atoms with Crippen LogP contribution in [0.1, 0.15) is 27.2 Å². The van der Waals surface area contributed by atoms with Crippen molar-refractivity contribution in [2.75, 3.05) is 5.73 Å². The zero-order valence-electron chi connectivity index (χ0n) is 10.2. The number of fused-ring (bicyclic) bond motifs is 1. The fraction of sp³-hybridized carbons (Fsp3) is 0.417. The summed E-state index contributed by atoms with van der Waals surface area (Å²) in [5.41, 5.74) is 7.05. The Balaban J connectivity index is 2.47. The molecule has 2 rings (SSSR count). The number of hydrogen-bond acceptors (Lipinski definition) is 4. The maximum atomic E-state index is 11.0. The lowest BCUT2D eigenvalue weighted by Crippen LogP contribution is -2.27. The second kappa shape index (κ2) is 3.84. The van der Waals surface area contributed by atoms with Crippen molar-refractivity contribution in [3.05, 3.63) is 22.7 Å². The normalized spacial score (nSPS) is 11.9. The van der Waals surface area contributed by atoms with Crippen LogP contribution >= 0.6 is 0 Å². The summed E-state index contributed by atoms with van der Waals surface area (Å²) in [5.74, 6) is 0.0627. The Labute approximate surface area is 98.6 Å². The molecule has 0 saturated carbocycles. The third-order valence-corrected chi connectivity index (χ3v) is 2.79. The topological polar surface area (TPSA) is 81.2 Å². The van der Waals surface area contributed by atoms with Gasteiger partial charge in [-0.05, 0) is 20.3 Å². The molecular formula is C12H16N2O3. The SMILES string of the molecule is CCC(C)(C)Oc1cc2[nH]c(=O)oc2cc1N. The molecule has 0 aliphatic carbocycles. The Kier molecular flexibility index (Phi) is 2.61. The molecule has 0 atom stereocenters. The molecule has 0 fully saturated rings. The Bertz CT molecular complexity index is 595. The van der Waals surface area contributed by atoms with Gasteiger partial charge in [0.2, 0.25) is 0 Å². The van der Waals surface area contributed by atoms with Crippen LogP contribution in [0.2, 0.25) is 0 Å². The van der Waals surface area contributed by atoms with Gasteiger partial charge in [-0.3, -0.25) is 4.98 Å². The van der Waals surface area contributed by atoms with Crippen molar-refractivity contribution < 1.29 is 9.15 Å². The number of oxazole rings is 1. The maximum Gasteiger partial charge on any atom is 0.417 e. The second-order valence-corrected chi connectivity index (χ2v) is 4.62. The van der Waals surface area contributed by atoms with Crippen LogP contribution in [-0.2, 0) is 0 Å². The first-order valence-corrected chi connectivity index (χ1v) is 5.52. The van der Waals surface area contributed by atoms with Crippen LogP contribution in [0.25, 0.3) is 11.1 Å². The second-order valence-electron chi connectivity index (χ2n) is 4.62. The summed E-state index contributed by atoms with van der Waals surface area (Å²) in [6.45, 7) is 6.00. The van der Waals surface area contributed by atoms with Crippen LogP contribution < -0.4 is 16.2 Å². The van der Waals surface area contributed by atoms with E-state index in [1.807, 2.05) is 20.8 Å². The number of aromatic nitrogens is 1. The number of rotatable bonds is 3. The summed E-state index contributed by atoms with van der Waals surface area (Å²) >= 11 is 0. The largest absolute Gasteiger partial charge is 0.486 e. The van der Waals surface area contributed by atoms with Crippen molar-refractivity contribution in [2.24, 2.45) is 0 Å². The third kappa shape index (κ3) is 2.27. The van der Waals surface area contributed by atoms with Crippen LogP contribution in [0.15, 0.2) is 21.3 Å². The van der Waals surface area contributed by atoms with Gasteiger partial charge in [-0.25, -0.2) is 4.79 Å². The number of nitrogens with two attached hydrogens (primary N) is 1. The Morgan fingerprint density at radius 2 is 2.18 bits per heavy atom. The first-order chi connectivity index (χ1) is 7.91. The van der Waals surface area contributed by atoms with Gasteiger partial charge in [0.05, 0.1) is 11.2 Å². The monoisotopic (exact) mass is 236 g/mol. The number of benzene rings is 1. The summed E-state index contributed by atoms with van der Waals surface area (Å²) in [5, 5.41) is 0. The highest BCUT2D eigenvalue weighted by molar-refractivity contribution is 5.80. The summed E-state index contributed by atoms with van der Waals surface area (Å²) in [7, 11) is 0. The fourth-order valence-electron chi connectivity index (χ4n) is 1.45. The third-order valence-electron chi connectivity index (χ3n) is 2.79. The number of H-pyrrole nitrogens is 1. The van der Waals surface area contributed by atoms with Crippen LogP contribution in [-0.4, -0.2) is 10.6 Å². The molecule has 0 bridgehead atoms. The van der Waals surface area contributed by atoms with E-state index >= 15 is 0 Å². The van der Waals surface area contributed by atoms with Crippen molar-refractivity contribution in [3.63, 3.8) is 0 Å². The average molecular weight is 236 g/mol. The van der Waals surface area contributed by atoms with E-state index in [4.69, 9.17) is 14.9 Å². The molecule has 1 aromatic heterocycles. The molecule has 1 heterocycles. The molecule has 0 amide bonds. The molecule has 0 aliphatic rings. The maximum absolute atomic E-state index is 11.0. The van der Waals surface area contributed by atoms with Gasteiger partial charge in [0, 0.05) is 12.1 Å². The van der Waals surface area contributed by atoms with Crippen molar-refractivity contribution in [1.82, 2.24) is 4.98 Å². The van der Waals surface area contributed by atoms with Crippen molar-refractivity contribution in [2.45, 2.75) is 32.8 Å². The Morgan fingerprint density at radius 1 is 1.47 bits per heavy atom. The molecule has 0 aliphatic heterocycles. The van der Waals surface area contributed by atoms with E-state index in [9.17, 15) is 4.79 Å². The average Bonchev–Trinajstić information content (AvgIpc) is 2.58. The highest BCUT2D eigenvalue weighted by atomic mass is 16.5. The van der Waals surface area contributed by atoms with Crippen LogP contribution in [0, 0.1) is 0 Å². The smallest absolute Gasteiger partial charge is 0.417 e. The highest BCUT2D eigenvalue weighted by Gasteiger charge is 2.19. The standard InChI is InChI=1S/C12H16N2O3/c1-4-12(2,3)17-9-6-8-10(5-7(9)13)16-11(15)14-8/h5-6H,4,13H2,1-3H3,(H,14,15). The van der Waals surface area contributed by atoms with E-state index in [1.54, 1.807) is 12.1 Å². The first-order valence-electron chi connectivity index (χ1n) is 5.52. The minimum Gasteiger partial charge on any atom is -0.486 e. The molecule has 0 radical (unpaired) electrons. The van der Waals surface area contributed by atoms with Crippen LogP contribution in [0.4, 0.5) is 5.69 Å². The molecular weight excluding hydrogens is 220 g/mol. The molecule has 17 heavy (non-hydrogen) atoms. The van der Waals surface area contributed by atoms with Crippen LogP contribution in [0.5, 0.6) is 5.75 Å². The lowest BCUT2D eigenvalue weighted by molar-refractivity contribution is 0.106. The summed E-state index contributed by atoms with van der Waals surface area (Å²) in [4.78, 5) is 13.6. The molecule has 92 valence electrons. The minimum atomic E-state index is -0.494. The van der Waals surface area contributed by atoms with E-state index in [0.29, 0.717) is 22.5 Å². The van der Waals surface area contributed by atoms with Crippen LogP contribution in [0.3, 0.4) is 0 Å². The summed E-state index contributed by atoms with van der Waals surface area (Å²) < 4.78 is 10.7. The number of hydrogen-bond donors (Lipinski definition) is 2. The van der Waals surface area contributed by atoms with Gasteiger partial charge in [-0.2, -0.15) is 0 Å². The number of anilines is 1. The van der Waals surface area contributed by atoms with Crippen molar-refractivity contribution in [1.29, 1.82) is 0 Å². The van der Waals surface area contributed by atoms with Gasteiger partial charge in [0.1, 0.15) is 11.4 Å². The predicted octanol–water partition coefficient (Wildman–Crippen LogP) is 2.27. The summed E-state index contributed by atoms with van der Waals surface area (Å²) in [6.07, 6.45) is 0.854. The Hall–Kier alpha value is -1.91. The van der Waals surface area contributed by atoms with Gasteiger partial charge < -0.3 is 14.9 Å². The van der Waals surface area contributed by atoms with Crippen molar-refractivity contribution in [3.8, 4) is 5.75 Å². The number of nitrogens with one attached hydrogen (secondary N) is 1. The molecule has 0 saturated heterocycles. The zero-order valence-corrected chi connectivity index (χ0v) is 10.2. The number of ether oxygens (including phenoxy) is 1. The summed E-state index contributed by atoms with van der Waals surface area (Å²) in [6, 6.07) is 3.28. The number of nitrogen functional groups attached to an aromatic ring is 1. The molecule has 0 spiro atoms. The van der Waals surface area contributed by atoms with Gasteiger partial charge in [0.25, 0.3) is 0 Å². The van der Waals surface area contributed by atoms with E-state index in [1.165, 1.54) is 0 Å². The zero-order chi connectivity index (χ0) is 12.6. The van der Waals surface area contributed by atoms with Gasteiger partial charge >= 0.3 is 5.76 Å². The minimum absolute atomic E-state index is 0.300. The lowest BCUT2D eigenvalue weighted by Gasteiger charge is -2.25.